The first-order chi connectivity index (χ1) is 11.7. The second kappa shape index (κ2) is 6.22. The van der Waals surface area contributed by atoms with Crippen molar-refractivity contribution in [2.24, 2.45) is 0 Å². The van der Waals surface area contributed by atoms with Crippen molar-refractivity contribution in [2.45, 2.75) is 23.9 Å². The highest BCUT2D eigenvalue weighted by Gasteiger charge is 2.28. The number of halogens is 2. The number of thioether (sulfide) groups is 1. The van der Waals surface area contributed by atoms with Crippen LogP contribution in [0.15, 0.2) is 41.7 Å². The zero-order valence-corrected chi connectivity index (χ0v) is 14.6. The van der Waals surface area contributed by atoms with E-state index < -0.39 is 0 Å². The van der Waals surface area contributed by atoms with Gasteiger partial charge in [-0.2, -0.15) is 0 Å². The van der Waals surface area contributed by atoms with Gasteiger partial charge >= 0.3 is 0 Å². The fourth-order valence-corrected chi connectivity index (χ4v) is 3.31. The van der Waals surface area contributed by atoms with E-state index in [4.69, 9.17) is 11.6 Å². The first-order valence-electron chi connectivity index (χ1n) is 7.71. The van der Waals surface area contributed by atoms with Gasteiger partial charge in [0.1, 0.15) is 5.82 Å². The topological polar surface area (TPSA) is 41.6 Å². The highest BCUT2D eigenvalue weighted by molar-refractivity contribution is 7.98. The first-order valence-corrected chi connectivity index (χ1v) is 9.31. The number of rotatable bonds is 4. The van der Waals surface area contributed by atoms with E-state index >= 15 is 0 Å². The average Bonchev–Trinajstić information content (AvgIpc) is 3.36. The highest BCUT2D eigenvalue weighted by Crippen LogP contribution is 2.44. The molecule has 122 valence electrons. The van der Waals surface area contributed by atoms with E-state index in [2.05, 4.69) is 15.0 Å². The second-order valence-corrected chi connectivity index (χ2v) is 7.05. The molecular formula is C18H15ClFN3S. The fourth-order valence-electron chi connectivity index (χ4n) is 2.79. The van der Waals surface area contributed by atoms with Crippen LogP contribution in [0.5, 0.6) is 0 Å². The quantitative estimate of drug-likeness (QED) is 0.492. The third kappa shape index (κ3) is 2.94. The Labute approximate surface area is 148 Å². The van der Waals surface area contributed by atoms with Crippen molar-refractivity contribution in [1.82, 2.24) is 15.0 Å². The van der Waals surface area contributed by atoms with Crippen molar-refractivity contribution in [1.29, 1.82) is 0 Å². The van der Waals surface area contributed by atoms with E-state index in [1.807, 2.05) is 18.4 Å². The lowest BCUT2D eigenvalue weighted by atomic mass is 10.0. The number of aromatic nitrogens is 3. The molecule has 3 aromatic rings. The number of H-pyrrole nitrogens is 1. The molecule has 0 bridgehead atoms. The number of benzene rings is 1. The Morgan fingerprint density at radius 2 is 2.04 bits per heavy atom. The molecule has 2 heterocycles. The summed E-state index contributed by atoms with van der Waals surface area (Å²) in [6.07, 6.45) is 5.99. The Kier molecular flexibility index (Phi) is 4.06. The van der Waals surface area contributed by atoms with E-state index in [1.54, 1.807) is 18.3 Å². The fraction of sp³-hybridized carbons (Fsp3) is 0.222. The molecule has 1 saturated carbocycles. The molecule has 1 aliphatic carbocycles. The minimum absolute atomic E-state index is 0.291. The predicted molar refractivity (Wildman–Crippen MR) is 96.0 cm³/mol. The molecule has 0 spiro atoms. The molecule has 0 radical (unpaired) electrons. The lowest BCUT2D eigenvalue weighted by Crippen LogP contribution is -1.92. The lowest BCUT2D eigenvalue weighted by molar-refractivity contribution is 0.631. The largest absolute Gasteiger partial charge is 0.356 e. The average molecular weight is 360 g/mol. The van der Waals surface area contributed by atoms with Crippen LogP contribution < -0.4 is 0 Å². The molecule has 0 unspecified atom stereocenters. The number of nitrogens with one attached hydrogen (secondary N) is 1. The summed E-state index contributed by atoms with van der Waals surface area (Å²) in [5.41, 5.74) is 3.99. The molecule has 1 aromatic carbocycles. The van der Waals surface area contributed by atoms with E-state index in [0.29, 0.717) is 21.7 Å². The number of hydrogen-bond acceptors (Lipinski definition) is 3. The van der Waals surface area contributed by atoms with Crippen molar-refractivity contribution in [2.75, 3.05) is 6.26 Å². The molecule has 6 heteroatoms. The number of aromatic amines is 1. The van der Waals surface area contributed by atoms with Gasteiger partial charge in [-0.05, 0) is 55.3 Å². The summed E-state index contributed by atoms with van der Waals surface area (Å²) < 4.78 is 14.4. The highest BCUT2D eigenvalue weighted by atomic mass is 35.5. The Bertz CT molecular complexity index is 905. The first kappa shape index (κ1) is 15.7. The molecule has 2 aromatic heterocycles. The van der Waals surface area contributed by atoms with Crippen molar-refractivity contribution in [3.05, 3.63) is 53.1 Å². The van der Waals surface area contributed by atoms with E-state index in [1.165, 1.54) is 17.8 Å². The van der Waals surface area contributed by atoms with Crippen molar-refractivity contribution < 1.29 is 4.39 Å². The molecule has 0 amide bonds. The molecule has 0 atom stereocenters. The molecule has 0 aliphatic heterocycles. The Balaban J connectivity index is 1.90. The van der Waals surface area contributed by atoms with E-state index in [0.717, 1.165) is 35.5 Å². The summed E-state index contributed by atoms with van der Waals surface area (Å²) >= 11 is 7.57. The van der Waals surface area contributed by atoms with Gasteiger partial charge in [0, 0.05) is 28.0 Å². The van der Waals surface area contributed by atoms with Crippen LogP contribution in [-0.2, 0) is 0 Å². The third-order valence-corrected chi connectivity index (χ3v) is 4.94. The molecular weight excluding hydrogens is 345 g/mol. The van der Waals surface area contributed by atoms with Gasteiger partial charge in [-0.25, -0.2) is 14.4 Å². The van der Waals surface area contributed by atoms with Gasteiger partial charge in [-0.1, -0.05) is 23.4 Å². The van der Waals surface area contributed by atoms with E-state index in [9.17, 15) is 4.39 Å². The van der Waals surface area contributed by atoms with Crippen LogP contribution in [0.25, 0.3) is 22.5 Å². The van der Waals surface area contributed by atoms with Crippen LogP contribution in [0.2, 0.25) is 5.02 Å². The number of nitrogens with zero attached hydrogens (tertiary/aromatic N) is 2. The van der Waals surface area contributed by atoms with Crippen molar-refractivity contribution in [3.8, 4) is 22.5 Å². The van der Waals surface area contributed by atoms with Crippen molar-refractivity contribution in [3.63, 3.8) is 0 Å². The maximum Gasteiger partial charge on any atom is 0.187 e. The normalized spacial score (nSPS) is 14.1. The SMILES string of the molecule is CSc1nccc(-c2[nH]c(C3CC3)cc2-c2cc(Cl)ccc2F)n1. The zero-order valence-electron chi connectivity index (χ0n) is 13.0. The molecule has 4 rings (SSSR count). The van der Waals surface area contributed by atoms with Gasteiger partial charge in [0.2, 0.25) is 0 Å². The maximum absolute atomic E-state index is 14.4. The van der Waals surface area contributed by atoms with Crippen LogP contribution in [-0.4, -0.2) is 21.2 Å². The van der Waals surface area contributed by atoms with Gasteiger partial charge < -0.3 is 4.98 Å². The van der Waals surface area contributed by atoms with Gasteiger partial charge in [-0.15, -0.1) is 0 Å². The molecule has 1 aliphatic rings. The third-order valence-electron chi connectivity index (χ3n) is 4.15. The van der Waals surface area contributed by atoms with Gasteiger partial charge in [-0.3, -0.25) is 0 Å². The summed E-state index contributed by atoms with van der Waals surface area (Å²) in [5.74, 6) is 0.239. The Hall–Kier alpha value is -1.85. The predicted octanol–water partition coefficient (Wildman–Crippen LogP) is 5.53. The molecule has 1 N–H and O–H groups in total. The minimum Gasteiger partial charge on any atom is -0.356 e. The van der Waals surface area contributed by atoms with Gasteiger partial charge in [0.25, 0.3) is 0 Å². The standard InChI is InChI=1S/C18H15ClFN3S/c1-24-18-21-7-6-15(23-18)17-13(9-16(22-17)10-2-3-10)12-8-11(19)4-5-14(12)20/h4-10,22H,2-3H2,1H3. The summed E-state index contributed by atoms with van der Waals surface area (Å²) in [6, 6.07) is 8.50. The summed E-state index contributed by atoms with van der Waals surface area (Å²) in [6.45, 7) is 0. The van der Waals surface area contributed by atoms with Gasteiger partial charge in [0.05, 0.1) is 11.4 Å². The molecule has 1 fully saturated rings. The monoisotopic (exact) mass is 359 g/mol. The number of hydrogen-bond donors (Lipinski definition) is 1. The van der Waals surface area contributed by atoms with Crippen molar-refractivity contribution >= 4 is 23.4 Å². The molecule has 24 heavy (non-hydrogen) atoms. The summed E-state index contributed by atoms with van der Waals surface area (Å²) in [7, 11) is 0. The van der Waals surface area contributed by atoms with Crippen LogP contribution in [0.1, 0.15) is 24.5 Å². The van der Waals surface area contributed by atoms with Crippen LogP contribution in [0, 0.1) is 5.82 Å². The molecule has 0 saturated heterocycles. The smallest absolute Gasteiger partial charge is 0.187 e. The summed E-state index contributed by atoms with van der Waals surface area (Å²) in [4.78, 5) is 12.2. The Morgan fingerprint density at radius 1 is 1.21 bits per heavy atom. The lowest BCUT2D eigenvalue weighted by Gasteiger charge is -2.06. The van der Waals surface area contributed by atoms with E-state index in [-0.39, 0.29) is 5.82 Å². The second-order valence-electron chi connectivity index (χ2n) is 5.84. The van der Waals surface area contributed by atoms with Crippen LogP contribution in [0.3, 0.4) is 0 Å². The zero-order chi connectivity index (χ0) is 16.7. The maximum atomic E-state index is 14.4. The Morgan fingerprint density at radius 3 is 2.79 bits per heavy atom. The van der Waals surface area contributed by atoms with Crippen LogP contribution >= 0.6 is 23.4 Å². The van der Waals surface area contributed by atoms with Crippen LogP contribution in [0.4, 0.5) is 4.39 Å². The molecule has 3 nitrogen and oxygen atoms in total. The van der Waals surface area contributed by atoms with Gasteiger partial charge in [0.15, 0.2) is 5.16 Å². The minimum atomic E-state index is -0.291. The summed E-state index contributed by atoms with van der Waals surface area (Å²) in [5, 5.41) is 1.20.